The van der Waals surface area contributed by atoms with Crippen LogP contribution in [0, 0.1) is 10.1 Å². The Bertz CT molecular complexity index is 448. The third-order valence-electron chi connectivity index (χ3n) is 3.12. The maximum Gasteiger partial charge on any atom is 0.211 e. The van der Waals surface area contributed by atoms with E-state index in [1.165, 1.54) is 0 Å². The van der Waals surface area contributed by atoms with Crippen molar-refractivity contribution in [3.8, 4) is 5.75 Å². The van der Waals surface area contributed by atoms with Gasteiger partial charge in [0.2, 0.25) is 12.3 Å². The fourth-order valence-electron chi connectivity index (χ4n) is 2.48. The van der Waals surface area contributed by atoms with Crippen molar-refractivity contribution in [1.29, 1.82) is 0 Å². The van der Waals surface area contributed by atoms with Gasteiger partial charge in [-0.15, -0.1) is 0 Å². The molecule has 1 aliphatic rings. The Morgan fingerprint density at radius 3 is 2.94 bits per heavy atom. The number of ether oxygens (including phenoxy) is 2. The number of hydrogen-bond donors (Lipinski definition) is 0. The number of para-hydroxylation sites is 1. The molecule has 0 aliphatic carbocycles. The van der Waals surface area contributed by atoms with Gasteiger partial charge in [-0.05, 0) is 13.0 Å². The molecule has 0 unspecified atom stereocenters. The Morgan fingerprint density at radius 1 is 1.56 bits per heavy atom. The van der Waals surface area contributed by atoms with E-state index in [2.05, 4.69) is 0 Å². The third-order valence-corrected chi connectivity index (χ3v) is 3.12. The minimum Gasteiger partial charge on any atom is -0.462 e. The van der Waals surface area contributed by atoms with Gasteiger partial charge in [-0.1, -0.05) is 18.2 Å². The Hall–Kier alpha value is -1.62. The van der Waals surface area contributed by atoms with Crippen LogP contribution >= 0.6 is 0 Å². The van der Waals surface area contributed by atoms with Crippen LogP contribution in [-0.4, -0.2) is 23.9 Å². The number of hydrogen-bond acceptors (Lipinski definition) is 4. The van der Waals surface area contributed by atoms with Crippen LogP contribution in [0.1, 0.15) is 31.7 Å². The lowest BCUT2D eigenvalue weighted by molar-refractivity contribution is -0.485. The molecular formula is C13H17NO4. The molecule has 0 saturated heterocycles. The topological polar surface area (TPSA) is 61.6 Å². The molecule has 0 N–H and O–H groups in total. The van der Waals surface area contributed by atoms with Gasteiger partial charge in [0.05, 0.1) is 5.92 Å². The van der Waals surface area contributed by atoms with Gasteiger partial charge in [0, 0.05) is 30.4 Å². The van der Waals surface area contributed by atoms with Crippen LogP contribution in [0.25, 0.3) is 0 Å². The van der Waals surface area contributed by atoms with Crippen LogP contribution in [0.2, 0.25) is 0 Å². The second-order valence-electron chi connectivity index (χ2n) is 4.62. The molecule has 5 heteroatoms. The molecule has 5 nitrogen and oxygen atoms in total. The zero-order valence-electron chi connectivity index (χ0n) is 10.6. The van der Waals surface area contributed by atoms with Crippen LogP contribution in [0.15, 0.2) is 24.3 Å². The molecule has 0 amide bonds. The Morgan fingerprint density at radius 2 is 2.28 bits per heavy atom. The van der Waals surface area contributed by atoms with E-state index in [0.29, 0.717) is 18.8 Å². The Balaban J connectivity index is 2.31. The van der Waals surface area contributed by atoms with Gasteiger partial charge < -0.3 is 9.47 Å². The summed E-state index contributed by atoms with van der Waals surface area (Å²) < 4.78 is 11.4. The van der Waals surface area contributed by atoms with E-state index in [-0.39, 0.29) is 17.4 Å². The average Bonchev–Trinajstić information content (AvgIpc) is 2.27. The van der Waals surface area contributed by atoms with Crippen LogP contribution in [0.3, 0.4) is 0 Å². The number of benzene rings is 1. The fraction of sp³-hybridized carbons (Fsp3) is 0.538. The molecule has 0 saturated carbocycles. The SMILES string of the molecule is CCO[C@]1(C)C[C@H](C[N+](=O)[O-])c2ccccc2O1. The highest BCUT2D eigenvalue weighted by atomic mass is 16.7. The first-order valence-electron chi connectivity index (χ1n) is 6.08. The van der Waals surface area contributed by atoms with Crippen molar-refractivity contribution in [3.05, 3.63) is 39.9 Å². The predicted octanol–water partition coefficient (Wildman–Crippen LogP) is 2.58. The third kappa shape index (κ3) is 2.61. The first kappa shape index (κ1) is 12.8. The van der Waals surface area contributed by atoms with Crippen LogP contribution in [0.4, 0.5) is 0 Å². The smallest absolute Gasteiger partial charge is 0.211 e. The predicted molar refractivity (Wildman–Crippen MR) is 66.3 cm³/mol. The molecule has 18 heavy (non-hydrogen) atoms. The van der Waals surface area contributed by atoms with E-state index >= 15 is 0 Å². The lowest BCUT2D eigenvalue weighted by Crippen LogP contribution is -2.42. The molecule has 1 aromatic rings. The Labute approximate surface area is 106 Å². The second kappa shape index (κ2) is 4.94. The van der Waals surface area contributed by atoms with Crippen molar-refractivity contribution in [1.82, 2.24) is 0 Å². The molecule has 2 rings (SSSR count). The van der Waals surface area contributed by atoms with E-state index in [4.69, 9.17) is 9.47 Å². The summed E-state index contributed by atoms with van der Waals surface area (Å²) >= 11 is 0. The van der Waals surface area contributed by atoms with Crippen molar-refractivity contribution in [3.63, 3.8) is 0 Å². The van der Waals surface area contributed by atoms with Gasteiger partial charge in [0.1, 0.15) is 5.75 Å². The zero-order valence-corrected chi connectivity index (χ0v) is 10.6. The minimum atomic E-state index is -0.774. The van der Waals surface area contributed by atoms with Gasteiger partial charge in [0.15, 0.2) is 0 Å². The number of nitro groups is 1. The molecule has 1 heterocycles. The highest BCUT2D eigenvalue weighted by Crippen LogP contribution is 2.41. The highest BCUT2D eigenvalue weighted by Gasteiger charge is 2.39. The monoisotopic (exact) mass is 251 g/mol. The standard InChI is InChI=1S/C13H17NO4/c1-3-17-13(2)8-10(9-14(15)16)11-6-4-5-7-12(11)18-13/h4-7,10H,3,8-9H2,1-2H3/t10-,13+/m1/s1. The summed E-state index contributed by atoms with van der Waals surface area (Å²) in [6, 6.07) is 7.45. The van der Waals surface area contributed by atoms with E-state index in [1.54, 1.807) is 0 Å². The maximum atomic E-state index is 10.8. The fourth-order valence-corrected chi connectivity index (χ4v) is 2.48. The molecule has 0 bridgehead atoms. The van der Waals surface area contributed by atoms with Crippen molar-refractivity contribution >= 4 is 0 Å². The maximum absolute atomic E-state index is 10.8. The molecule has 0 spiro atoms. The highest BCUT2D eigenvalue weighted by molar-refractivity contribution is 5.38. The largest absolute Gasteiger partial charge is 0.462 e. The van der Waals surface area contributed by atoms with Crippen molar-refractivity contribution in [2.75, 3.05) is 13.2 Å². The van der Waals surface area contributed by atoms with Crippen LogP contribution in [0.5, 0.6) is 5.75 Å². The van der Waals surface area contributed by atoms with Crippen molar-refractivity contribution < 1.29 is 14.4 Å². The van der Waals surface area contributed by atoms with Gasteiger partial charge in [0.25, 0.3) is 0 Å². The number of rotatable bonds is 4. The van der Waals surface area contributed by atoms with Gasteiger partial charge in [-0.3, -0.25) is 10.1 Å². The molecule has 2 atom stereocenters. The average molecular weight is 251 g/mol. The van der Waals surface area contributed by atoms with Crippen molar-refractivity contribution in [2.24, 2.45) is 0 Å². The minimum absolute atomic E-state index is 0.0942. The lowest BCUT2D eigenvalue weighted by Gasteiger charge is -2.38. The molecule has 1 aliphatic heterocycles. The zero-order chi connectivity index (χ0) is 13.2. The van der Waals surface area contributed by atoms with E-state index in [9.17, 15) is 10.1 Å². The first-order valence-corrected chi connectivity index (χ1v) is 6.08. The van der Waals surface area contributed by atoms with Gasteiger partial charge in [-0.2, -0.15) is 0 Å². The summed E-state index contributed by atoms with van der Waals surface area (Å²) in [6.07, 6.45) is 0.499. The van der Waals surface area contributed by atoms with E-state index in [0.717, 1.165) is 5.56 Å². The van der Waals surface area contributed by atoms with Gasteiger partial charge in [-0.25, -0.2) is 0 Å². The van der Waals surface area contributed by atoms with Gasteiger partial charge >= 0.3 is 0 Å². The Kier molecular flexibility index (Phi) is 3.52. The van der Waals surface area contributed by atoms with Crippen molar-refractivity contribution in [2.45, 2.75) is 32.0 Å². The van der Waals surface area contributed by atoms with E-state index < -0.39 is 5.79 Å². The lowest BCUT2D eigenvalue weighted by atomic mass is 9.88. The van der Waals surface area contributed by atoms with Crippen LogP contribution < -0.4 is 4.74 Å². The second-order valence-corrected chi connectivity index (χ2v) is 4.62. The summed E-state index contributed by atoms with van der Waals surface area (Å²) in [6.45, 7) is 4.14. The molecular weight excluding hydrogens is 234 g/mol. The normalized spacial score (nSPS) is 26.2. The molecule has 1 aromatic carbocycles. The molecule has 0 aromatic heterocycles. The van der Waals surface area contributed by atoms with Crippen LogP contribution in [-0.2, 0) is 4.74 Å². The summed E-state index contributed by atoms with van der Waals surface area (Å²) in [5.41, 5.74) is 0.895. The molecule has 0 fully saturated rings. The summed E-state index contributed by atoms with van der Waals surface area (Å²) in [4.78, 5) is 10.5. The summed E-state index contributed by atoms with van der Waals surface area (Å²) in [5, 5.41) is 10.8. The first-order chi connectivity index (χ1) is 8.54. The number of fused-ring (bicyclic) bond motifs is 1. The summed E-state index contributed by atoms with van der Waals surface area (Å²) in [7, 11) is 0. The quantitative estimate of drug-likeness (QED) is 0.609. The summed E-state index contributed by atoms with van der Waals surface area (Å²) in [5.74, 6) is -0.253. The van der Waals surface area contributed by atoms with E-state index in [1.807, 2.05) is 38.1 Å². The molecule has 98 valence electrons. The molecule has 0 radical (unpaired) electrons. The number of nitrogens with zero attached hydrogens (tertiary/aromatic N) is 1.